The maximum absolute atomic E-state index is 12.6. The second-order valence-electron chi connectivity index (χ2n) is 9.92. The van der Waals surface area contributed by atoms with E-state index in [0.717, 1.165) is 11.8 Å². The summed E-state index contributed by atoms with van der Waals surface area (Å²) in [4.78, 5) is 25.7. The molecule has 0 unspecified atom stereocenters. The van der Waals surface area contributed by atoms with E-state index >= 15 is 0 Å². The Hall–Kier alpha value is -3.17. The number of halogens is 4. The Bertz CT molecular complexity index is 1960. The van der Waals surface area contributed by atoms with Gasteiger partial charge in [-0.2, -0.15) is 0 Å². The van der Waals surface area contributed by atoms with E-state index in [1.807, 2.05) is 0 Å². The molecule has 0 saturated heterocycles. The number of sulfone groups is 2. The van der Waals surface area contributed by atoms with Crippen molar-refractivity contribution in [2.75, 3.05) is 29.1 Å². The molecule has 4 aromatic rings. The van der Waals surface area contributed by atoms with Crippen LogP contribution in [0.2, 0.25) is 20.1 Å². The lowest BCUT2D eigenvalue weighted by Crippen LogP contribution is -2.21. The summed E-state index contributed by atoms with van der Waals surface area (Å²) < 4.78 is 65.5. The summed E-state index contributed by atoms with van der Waals surface area (Å²) in [7, 11) is -6.97. The summed E-state index contributed by atoms with van der Waals surface area (Å²) in [6.07, 6.45) is 0. The quantitative estimate of drug-likeness (QED) is 0.0743. The third-order valence-corrected chi connectivity index (χ3v) is 12.1. The van der Waals surface area contributed by atoms with Crippen molar-refractivity contribution in [3.63, 3.8) is 0 Å². The lowest BCUT2D eigenvalue weighted by atomic mass is 10.2. The minimum absolute atomic E-state index is 0.0423. The molecule has 0 heterocycles. The molecule has 0 amide bonds. The minimum atomic E-state index is -3.49. The first-order chi connectivity index (χ1) is 23.1. The van der Waals surface area contributed by atoms with E-state index in [1.165, 1.54) is 68.4 Å². The molecule has 0 aliphatic rings. The van der Waals surface area contributed by atoms with Gasteiger partial charge in [-0.25, -0.2) is 21.6 Å². The molecule has 4 rings (SSSR count). The summed E-state index contributed by atoms with van der Waals surface area (Å²) in [5, 5.41) is 3.57. The zero-order chi connectivity index (χ0) is 35.9. The van der Waals surface area contributed by atoms with Gasteiger partial charge in [-0.3, -0.25) is 4.79 Å². The van der Waals surface area contributed by atoms with E-state index in [0.29, 0.717) is 20.6 Å². The van der Waals surface area contributed by atoms with Crippen LogP contribution in [-0.4, -0.2) is 52.6 Å². The number of benzene rings is 4. The Morgan fingerprint density at radius 2 is 1.16 bits per heavy atom. The van der Waals surface area contributed by atoms with Crippen molar-refractivity contribution in [2.24, 2.45) is 0 Å². The summed E-state index contributed by atoms with van der Waals surface area (Å²) in [6, 6.07) is 17.4. The molecule has 1 N–H and O–H groups in total. The highest BCUT2D eigenvalue weighted by molar-refractivity contribution is 8.00. The fourth-order valence-corrected chi connectivity index (χ4v) is 7.43. The van der Waals surface area contributed by atoms with E-state index in [1.54, 1.807) is 18.2 Å². The van der Waals surface area contributed by atoms with Crippen molar-refractivity contribution < 1.29 is 40.6 Å². The van der Waals surface area contributed by atoms with Crippen LogP contribution >= 0.6 is 58.2 Å². The third kappa shape index (κ3) is 10.4. The minimum Gasteiger partial charge on any atom is -0.455 e. The number of anilines is 1. The number of hydrogen-bond donors (Lipinski definition) is 1. The van der Waals surface area contributed by atoms with Crippen LogP contribution in [0.5, 0.6) is 23.0 Å². The summed E-state index contributed by atoms with van der Waals surface area (Å²) in [6.45, 7) is 2.62. The number of carbonyl (C=O) groups excluding carboxylic acids is 2. The molecule has 49 heavy (non-hydrogen) atoms. The maximum atomic E-state index is 12.6. The number of nitrogens with one attached hydrogen (secondary N) is 1. The predicted octanol–water partition coefficient (Wildman–Crippen LogP) is 8.75. The summed E-state index contributed by atoms with van der Waals surface area (Å²) >= 11 is 25.9. The zero-order valence-corrected chi connectivity index (χ0v) is 31.1. The van der Waals surface area contributed by atoms with Gasteiger partial charge in [-0.15, -0.1) is 11.8 Å². The second kappa shape index (κ2) is 16.7. The van der Waals surface area contributed by atoms with Gasteiger partial charge in [0.25, 0.3) is 0 Å². The average Bonchev–Trinajstić information content (AvgIpc) is 3.05. The molecule has 0 fully saturated rings. The molecule has 0 spiro atoms. The molecule has 17 heteroatoms. The number of thioether (sulfide) groups is 1. The Morgan fingerprint density at radius 3 is 1.69 bits per heavy atom. The molecule has 0 radical (unpaired) electrons. The van der Waals surface area contributed by atoms with E-state index in [-0.39, 0.29) is 60.1 Å². The molecule has 0 saturated carbocycles. The average molecular weight is 808 g/mol. The second-order valence-corrected chi connectivity index (χ2v) is 17.2. The Kier molecular flexibility index (Phi) is 13.2. The molecule has 4 aromatic carbocycles. The molecule has 0 aliphatic heterocycles. The van der Waals surface area contributed by atoms with E-state index < -0.39 is 38.2 Å². The van der Waals surface area contributed by atoms with Gasteiger partial charge in [0, 0.05) is 22.2 Å². The van der Waals surface area contributed by atoms with Crippen molar-refractivity contribution in [1.82, 2.24) is 0 Å². The maximum Gasteiger partial charge on any atom is 0.332 e. The highest BCUT2D eigenvalue weighted by Crippen LogP contribution is 2.39. The van der Waals surface area contributed by atoms with Crippen LogP contribution in [0.15, 0.2) is 87.5 Å². The van der Waals surface area contributed by atoms with Crippen molar-refractivity contribution in [1.29, 1.82) is 0 Å². The molecule has 0 aromatic heterocycles. The normalized spacial score (nSPS) is 11.6. The molecule has 10 nitrogen and oxygen atoms in total. The van der Waals surface area contributed by atoms with Crippen LogP contribution < -0.4 is 14.8 Å². The third-order valence-electron chi connectivity index (χ3n) is 6.57. The smallest absolute Gasteiger partial charge is 0.332 e. The fourth-order valence-electron chi connectivity index (χ4n) is 3.99. The SMILES string of the molecule is CCS(=O)(=O)c1ccc(Oc2cc(Cl)ccc2NCC(=O)OC(=O)CSc2ccc(Cl)cc2Oc2ccc(S(=O)(=O)CC)cc2Cl)c(Cl)c1. The predicted molar refractivity (Wildman–Crippen MR) is 192 cm³/mol. The van der Waals surface area contributed by atoms with Gasteiger partial charge in [0.1, 0.15) is 23.8 Å². The molecule has 0 atom stereocenters. The first-order valence-electron chi connectivity index (χ1n) is 14.2. The monoisotopic (exact) mass is 805 g/mol. The number of rotatable bonds is 14. The van der Waals surface area contributed by atoms with Gasteiger partial charge >= 0.3 is 11.9 Å². The van der Waals surface area contributed by atoms with Crippen LogP contribution in [0, 0.1) is 0 Å². The summed E-state index contributed by atoms with van der Waals surface area (Å²) in [5.74, 6) is -1.47. The topological polar surface area (TPSA) is 142 Å². The van der Waals surface area contributed by atoms with Gasteiger partial charge in [0.15, 0.2) is 25.4 Å². The molecule has 0 aliphatic carbocycles. The number of esters is 2. The summed E-state index contributed by atoms with van der Waals surface area (Å²) in [5.41, 5.74) is 0.312. The number of ether oxygens (including phenoxy) is 3. The van der Waals surface area contributed by atoms with Crippen LogP contribution in [0.3, 0.4) is 0 Å². The lowest BCUT2D eigenvalue weighted by Gasteiger charge is -2.15. The van der Waals surface area contributed by atoms with Gasteiger partial charge in [0.2, 0.25) is 0 Å². The van der Waals surface area contributed by atoms with Crippen molar-refractivity contribution in [3.8, 4) is 23.0 Å². The highest BCUT2D eigenvalue weighted by atomic mass is 35.5. The van der Waals surface area contributed by atoms with Crippen LogP contribution in [0.1, 0.15) is 13.8 Å². The zero-order valence-electron chi connectivity index (χ0n) is 25.7. The number of hydrogen-bond acceptors (Lipinski definition) is 11. The molecular weight excluding hydrogens is 780 g/mol. The fraction of sp³-hybridized carbons (Fsp3) is 0.188. The lowest BCUT2D eigenvalue weighted by molar-refractivity contribution is -0.156. The van der Waals surface area contributed by atoms with Gasteiger partial charge < -0.3 is 19.5 Å². The molecule has 260 valence electrons. The molecular formula is C32H27Cl4NO9S3. The van der Waals surface area contributed by atoms with Crippen molar-refractivity contribution in [2.45, 2.75) is 28.5 Å². The Balaban J connectivity index is 1.37. The largest absolute Gasteiger partial charge is 0.455 e. The first kappa shape index (κ1) is 38.6. The standard InChI is InChI=1S/C32H27Cl4NO9S3/c1-3-48(40,41)21-7-10-26(23(35)15-21)44-28-13-19(33)5-9-25(28)37-17-31(38)46-32(39)18-47-30-12-6-20(34)14-29(30)45-27-11-8-22(16-24(27)36)49(42,43)4-2/h5-16,37H,3-4,17-18H2,1-2H3. The number of carbonyl (C=O) groups is 2. The van der Waals surface area contributed by atoms with Crippen molar-refractivity contribution >= 4 is 95.5 Å². The van der Waals surface area contributed by atoms with E-state index in [2.05, 4.69) is 5.32 Å². The van der Waals surface area contributed by atoms with Gasteiger partial charge in [-0.1, -0.05) is 60.3 Å². The van der Waals surface area contributed by atoms with Crippen molar-refractivity contribution in [3.05, 3.63) is 92.9 Å². The molecule has 0 bridgehead atoms. The van der Waals surface area contributed by atoms with Crippen LogP contribution in [0.4, 0.5) is 5.69 Å². The van der Waals surface area contributed by atoms with Gasteiger partial charge in [0.05, 0.1) is 47.7 Å². The van der Waals surface area contributed by atoms with E-state index in [9.17, 15) is 26.4 Å². The Labute approximate surface area is 307 Å². The highest BCUT2D eigenvalue weighted by Gasteiger charge is 2.19. The van der Waals surface area contributed by atoms with E-state index in [4.69, 9.17) is 60.6 Å². The van der Waals surface area contributed by atoms with Crippen LogP contribution in [0.25, 0.3) is 0 Å². The first-order valence-corrected chi connectivity index (χ1v) is 20.0. The Morgan fingerprint density at radius 1 is 0.653 bits per heavy atom. The van der Waals surface area contributed by atoms with Gasteiger partial charge in [-0.05, 0) is 60.7 Å². The van der Waals surface area contributed by atoms with Crippen LogP contribution in [-0.2, 0) is 34.0 Å².